The summed E-state index contributed by atoms with van der Waals surface area (Å²) in [5.41, 5.74) is 2.17. The van der Waals surface area contributed by atoms with Gasteiger partial charge in [0.25, 0.3) is 0 Å². The molecular weight excluding hydrogens is 152 g/mol. The minimum absolute atomic E-state index is 0.110. The number of hydrogen-bond donors (Lipinski definition) is 1. The summed E-state index contributed by atoms with van der Waals surface area (Å²) in [4.78, 5) is 0. The number of aliphatic hydroxyl groups is 1. The molecule has 1 aliphatic heterocycles. The average molecular weight is 162 g/mol. The van der Waals surface area contributed by atoms with Crippen LogP contribution in [0.2, 0.25) is 0 Å². The largest absolute Gasteiger partial charge is 0.392 e. The molecule has 3 nitrogen and oxygen atoms in total. The van der Waals surface area contributed by atoms with Gasteiger partial charge < -0.3 is 5.11 Å². The predicted octanol–water partition coefficient (Wildman–Crippen LogP) is 1.51. The highest BCUT2D eigenvalue weighted by Crippen LogP contribution is 2.17. The predicted molar refractivity (Wildman–Crippen MR) is 44.7 cm³/mol. The van der Waals surface area contributed by atoms with Crippen LogP contribution in [0.5, 0.6) is 0 Å². The van der Waals surface area contributed by atoms with Gasteiger partial charge in [0.15, 0.2) is 6.17 Å². The quantitative estimate of drug-likeness (QED) is 0.719. The number of aliphatic hydroxyl groups excluding tert-OH is 1. The summed E-state index contributed by atoms with van der Waals surface area (Å²) in [5.74, 6) is 0. The average Bonchev–Trinajstić information content (AvgIpc) is 2.90. The van der Waals surface area contributed by atoms with Gasteiger partial charge in [-0.25, -0.2) is 0 Å². The number of nitrogens with zero attached hydrogens (tertiary/aromatic N) is 2. The van der Waals surface area contributed by atoms with Gasteiger partial charge in [-0.15, -0.1) is 0 Å². The van der Waals surface area contributed by atoms with Crippen LogP contribution in [0.3, 0.4) is 0 Å². The molecule has 0 aliphatic carbocycles. The molecular formula is C9H10N2O. The van der Waals surface area contributed by atoms with E-state index in [1.54, 1.807) is 0 Å². The van der Waals surface area contributed by atoms with E-state index in [0.29, 0.717) is 0 Å². The van der Waals surface area contributed by atoms with Gasteiger partial charge in [-0.1, -0.05) is 24.3 Å². The summed E-state index contributed by atoms with van der Waals surface area (Å²) in [5, 5.41) is 16.4. The molecule has 1 heterocycles. The maximum atomic E-state index is 8.79. The molecule has 0 unspecified atom stereocenters. The van der Waals surface area contributed by atoms with Crippen molar-refractivity contribution in [2.75, 3.05) is 0 Å². The third-order valence-electron chi connectivity index (χ3n) is 1.90. The molecule has 0 amide bonds. The van der Waals surface area contributed by atoms with E-state index in [0.717, 1.165) is 12.0 Å². The zero-order valence-electron chi connectivity index (χ0n) is 6.64. The van der Waals surface area contributed by atoms with E-state index in [4.69, 9.17) is 5.11 Å². The van der Waals surface area contributed by atoms with Gasteiger partial charge in [0.1, 0.15) is 0 Å². The highest BCUT2D eigenvalue weighted by Gasteiger charge is 2.15. The smallest absolute Gasteiger partial charge is 0.185 e. The minimum atomic E-state index is 0.110. The summed E-state index contributed by atoms with van der Waals surface area (Å²) in [6, 6.07) is 7.87. The summed E-state index contributed by atoms with van der Waals surface area (Å²) in [7, 11) is 0. The molecule has 0 saturated carbocycles. The first-order chi connectivity index (χ1) is 5.88. The van der Waals surface area contributed by atoms with Gasteiger partial charge in [-0.05, 0) is 11.1 Å². The maximum absolute atomic E-state index is 8.79. The monoisotopic (exact) mass is 162 g/mol. The minimum Gasteiger partial charge on any atom is -0.392 e. The summed E-state index contributed by atoms with van der Waals surface area (Å²) in [6.45, 7) is 0.110. The topological polar surface area (TPSA) is 45.0 Å². The van der Waals surface area contributed by atoms with Crippen LogP contribution in [0.1, 0.15) is 11.1 Å². The van der Waals surface area contributed by atoms with Crippen LogP contribution >= 0.6 is 0 Å². The summed E-state index contributed by atoms with van der Waals surface area (Å²) in [6.07, 6.45) is 1.09. The molecule has 0 saturated heterocycles. The van der Waals surface area contributed by atoms with E-state index in [-0.39, 0.29) is 12.8 Å². The van der Waals surface area contributed by atoms with Crippen molar-refractivity contribution in [3.63, 3.8) is 0 Å². The van der Waals surface area contributed by atoms with Crippen molar-refractivity contribution in [3.05, 3.63) is 35.4 Å². The molecule has 1 N–H and O–H groups in total. The van der Waals surface area contributed by atoms with Crippen molar-refractivity contribution in [2.45, 2.75) is 19.2 Å². The van der Waals surface area contributed by atoms with Crippen molar-refractivity contribution in [2.24, 2.45) is 10.2 Å². The lowest BCUT2D eigenvalue weighted by molar-refractivity contribution is 0.282. The second-order valence-electron chi connectivity index (χ2n) is 2.89. The van der Waals surface area contributed by atoms with Crippen LogP contribution in [0.15, 0.2) is 34.5 Å². The highest BCUT2D eigenvalue weighted by atomic mass is 16.3. The van der Waals surface area contributed by atoms with Gasteiger partial charge in [0.2, 0.25) is 0 Å². The Morgan fingerprint density at radius 2 is 1.67 bits per heavy atom. The van der Waals surface area contributed by atoms with Crippen molar-refractivity contribution < 1.29 is 5.11 Å². The Morgan fingerprint density at radius 1 is 1.08 bits per heavy atom. The van der Waals surface area contributed by atoms with Crippen LogP contribution in [0.25, 0.3) is 0 Å². The molecule has 0 spiro atoms. The van der Waals surface area contributed by atoms with Gasteiger partial charge in [0.05, 0.1) is 6.61 Å². The van der Waals surface area contributed by atoms with Gasteiger partial charge >= 0.3 is 0 Å². The standard InChI is InChI=1S/C9H10N2O/c12-6-8-3-1-7(2-4-8)5-9-10-11-9/h1-4,9,12H,5-6H2. The van der Waals surface area contributed by atoms with E-state index in [1.165, 1.54) is 5.56 Å². The number of rotatable bonds is 3. The van der Waals surface area contributed by atoms with E-state index < -0.39 is 0 Å². The molecule has 12 heavy (non-hydrogen) atoms. The molecule has 0 bridgehead atoms. The first-order valence-corrected chi connectivity index (χ1v) is 3.97. The Balaban J connectivity index is 2.02. The lowest BCUT2D eigenvalue weighted by Crippen LogP contribution is -1.92. The molecule has 1 aliphatic rings. The lowest BCUT2D eigenvalue weighted by Gasteiger charge is -1.98. The van der Waals surface area contributed by atoms with Crippen molar-refractivity contribution in [3.8, 4) is 0 Å². The van der Waals surface area contributed by atoms with Crippen LogP contribution in [0.4, 0.5) is 0 Å². The zero-order valence-corrected chi connectivity index (χ0v) is 6.64. The zero-order chi connectivity index (χ0) is 8.39. The van der Waals surface area contributed by atoms with Gasteiger partial charge in [-0.3, -0.25) is 0 Å². The Morgan fingerprint density at radius 3 is 2.17 bits per heavy atom. The Hall–Kier alpha value is -1.22. The van der Waals surface area contributed by atoms with Crippen molar-refractivity contribution in [1.29, 1.82) is 0 Å². The van der Waals surface area contributed by atoms with Gasteiger partial charge in [0, 0.05) is 6.42 Å². The maximum Gasteiger partial charge on any atom is 0.185 e. The Bertz CT molecular complexity index is 286. The molecule has 0 fully saturated rings. The first-order valence-electron chi connectivity index (χ1n) is 3.97. The number of hydrogen-bond acceptors (Lipinski definition) is 3. The second-order valence-corrected chi connectivity index (χ2v) is 2.89. The number of benzene rings is 1. The molecule has 1 aromatic rings. The van der Waals surface area contributed by atoms with Crippen LogP contribution in [0, 0.1) is 0 Å². The SMILES string of the molecule is OCc1ccc(CC2N=N2)cc1. The summed E-state index contributed by atoms with van der Waals surface area (Å²) < 4.78 is 0. The highest BCUT2D eigenvalue weighted by molar-refractivity contribution is 5.22. The van der Waals surface area contributed by atoms with Crippen molar-refractivity contribution in [1.82, 2.24) is 0 Å². The molecule has 0 radical (unpaired) electrons. The molecule has 3 heteroatoms. The van der Waals surface area contributed by atoms with Crippen LogP contribution < -0.4 is 0 Å². The molecule has 62 valence electrons. The lowest BCUT2D eigenvalue weighted by atomic mass is 10.1. The van der Waals surface area contributed by atoms with E-state index in [9.17, 15) is 0 Å². The first kappa shape index (κ1) is 7.43. The van der Waals surface area contributed by atoms with E-state index >= 15 is 0 Å². The molecule has 0 atom stereocenters. The Labute approximate surface area is 70.8 Å². The van der Waals surface area contributed by atoms with Gasteiger partial charge in [-0.2, -0.15) is 10.2 Å². The molecule has 2 rings (SSSR count). The fourth-order valence-electron chi connectivity index (χ4n) is 1.12. The van der Waals surface area contributed by atoms with E-state index in [2.05, 4.69) is 10.2 Å². The fraction of sp³-hybridized carbons (Fsp3) is 0.333. The summed E-state index contributed by atoms with van der Waals surface area (Å²) >= 11 is 0. The normalized spacial score (nSPS) is 15.1. The molecule has 1 aromatic carbocycles. The van der Waals surface area contributed by atoms with E-state index in [1.807, 2.05) is 24.3 Å². The fourth-order valence-corrected chi connectivity index (χ4v) is 1.12. The third-order valence-corrected chi connectivity index (χ3v) is 1.90. The Kier molecular flexibility index (Phi) is 1.87. The van der Waals surface area contributed by atoms with Crippen LogP contribution in [-0.2, 0) is 13.0 Å². The van der Waals surface area contributed by atoms with Crippen LogP contribution in [-0.4, -0.2) is 11.3 Å². The molecule has 0 aromatic heterocycles. The van der Waals surface area contributed by atoms with Crippen molar-refractivity contribution >= 4 is 0 Å². The second kappa shape index (κ2) is 3.03. The third kappa shape index (κ3) is 1.68.